The van der Waals surface area contributed by atoms with Crippen molar-refractivity contribution < 1.29 is 14.3 Å². The molecular formula is C22H14Cl2O3. The molecule has 0 saturated carbocycles. The van der Waals surface area contributed by atoms with E-state index >= 15 is 0 Å². The summed E-state index contributed by atoms with van der Waals surface area (Å²) in [6.07, 6.45) is 1.57. The Morgan fingerprint density at radius 1 is 0.926 bits per heavy atom. The number of carbonyl (C=O) groups is 1. The molecule has 0 unspecified atom stereocenters. The molecule has 3 aromatic carbocycles. The molecule has 5 heteroatoms. The zero-order chi connectivity index (χ0) is 18.8. The molecule has 0 spiro atoms. The van der Waals surface area contributed by atoms with Gasteiger partial charge in [0.15, 0.2) is 5.76 Å². The smallest absolute Gasteiger partial charge is 0.231 e. The van der Waals surface area contributed by atoms with Crippen molar-refractivity contribution in [1.29, 1.82) is 0 Å². The van der Waals surface area contributed by atoms with E-state index < -0.39 is 0 Å². The number of hydrogen-bond acceptors (Lipinski definition) is 3. The SMILES string of the molecule is O=C1C(=Cc2c(Cl)cccc2Cl)Oc2cc(OCc3ccccc3)ccc21. The van der Waals surface area contributed by atoms with Crippen molar-refractivity contribution in [2.45, 2.75) is 6.61 Å². The zero-order valence-electron chi connectivity index (χ0n) is 14.1. The molecule has 27 heavy (non-hydrogen) atoms. The maximum Gasteiger partial charge on any atom is 0.231 e. The number of rotatable bonds is 4. The van der Waals surface area contributed by atoms with Crippen LogP contribution in [0.15, 0.2) is 72.5 Å². The summed E-state index contributed by atoms with van der Waals surface area (Å²) in [7, 11) is 0. The van der Waals surface area contributed by atoms with Crippen molar-refractivity contribution in [3.63, 3.8) is 0 Å². The summed E-state index contributed by atoms with van der Waals surface area (Å²) in [5, 5.41) is 0.906. The Bertz CT molecular complexity index is 1020. The lowest BCUT2D eigenvalue weighted by Gasteiger charge is -2.07. The number of ketones is 1. The molecule has 1 aliphatic heterocycles. The third-order valence-electron chi connectivity index (χ3n) is 4.16. The van der Waals surface area contributed by atoms with Crippen molar-refractivity contribution in [1.82, 2.24) is 0 Å². The van der Waals surface area contributed by atoms with Crippen LogP contribution >= 0.6 is 23.2 Å². The van der Waals surface area contributed by atoms with Crippen molar-refractivity contribution >= 4 is 35.1 Å². The number of allylic oxidation sites excluding steroid dienone is 1. The molecular weight excluding hydrogens is 383 g/mol. The van der Waals surface area contributed by atoms with Crippen LogP contribution in [0.2, 0.25) is 10.0 Å². The van der Waals surface area contributed by atoms with Gasteiger partial charge in [0.25, 0.3) is 0 Å². The molecule has 1 heterocycles. The van der Waals surface area contributed by atoms with Gasteiger partial charge in [0.1, 0.15) is 18.1 Å². The molecule has 0 amide bonds. The molecule has 0 aliphatic carbocycles. The third kappa shape index (κ3) is 3.70. The van der Waals surface area contributed by atoms with Gasteiger partial charge in [-0.2, -0.15) is 0 Å². The first-order valence-electron chi connectivity index (χ1n) is 8.31. The van der Waals surface area contributed by atoms with E-state index in [-0.39, 0.29) is 11.5 Å². The lowest BCUT2D eigenvalue weighted by atomic mass is 10.1. The topological polar surface area (TPSA) is 35.5 Å². The predicted octanol–water partition coefficient (Wildman–Crippen LogP) is 6.19. The Labute approximate surface area is 166 Å². The maximum atomic E-state index is 12.6. The second-order valence-electron chi connectivity index (χ2n) is 6.01. The Morgan fingerprint density at radius 3 is 2.41 bits per heavy atom. The quantitative estimate of drug-likeness (QED) is 0.493. The lowest BCUT2D eigenvalue weighted by Crippen LogP contribution is -1.98. The largest absolute Gasteiger partial charge is 0.489 e. The number of fused-ring (bicyclic) bond motifs is 1. The summed E-state index contributed by atoms with van der Waals surface area (Å²) in [5.74, 6) is 1.05. The van der Waals surface area contributed by atoms with Gasteiger partial charge in [0.2, 0.25) is 5.78 Å². The van der Waals surface area contributed by atoms with Crippen molar-refractivity contribution in [2.75, 3.05) is 0 Å². The number of carbonyl (C=O) groups excluding carboxylic acids is 1. The predicted molar refractivity (Wildman–Crippen MR) is 107 cm³/mol. The lowest BCUT2D eigenvalue weighted by molar-refractivity contribution is 0.101. The van der Waals surface area contributed by atoms with E-state index in [0.717, 1.165) is 5.56 Å². The molecule has 4 rings (SSSR count). The van der Waals surface area contributed by atoms with Gasteiger partial charge in [-0.1, -0.05) is 59.6 Å². The highest BCUT2D eigenvalue weighted by atomic mass is 35.5. The minimum atomic E-state index is -0.212. The van der Waals surface area contributed by atoms with Gasteiger partial charge in [-0.3, -0.25) is 4.79 Å². The molecule has 0 aromatic heterocycles. The van der Waals surface area contributed by atoms with Crippen LogP contribution in [-0.2, 0) is 6.61 Å². The third-order valence-corrected chi connectivity index (χ3v) is 4.82. The molecule has 0 N–H and O–H groups in total. The normalized spacial score (nSPS) is 14.1. The molecule has 134 valence electrons. The van der Waals surface area contributed by atoms with Gasteiger partial charge in [-0.15, -0.1) is 0 Å². The van der Waals surface area contributed by atoms with Crippen LogP contribution in [0.1, 0.15) is 21.5 Å². The Balaban J connectivity index is 1.56. The van der Waals surface area contributed by atoms with E-state index in [1.54, 1.807) is 42.5 Å². The summed E-state index contributed by atoms with van der Waals surface area (Å²) >= 11 is 12.4. The Kier molecular flexibility index (Phi) is 4.88. The summed E-state index contributed by atoms with van der Waals surface area (Å²) in [5.41, 5.74) is 2.10. The number of Topliss-reactive ketones (excluding diaryl/α,β-unsaturated/α-hetero) is 1. The minimum Gasteiger partial charge on any atom is -0.489 e. The first kappa shape index (κ1) is 17.7. The molecule has 0 atom stereocenters. The Morgan fingerprint density at radius 2 is 1.67 bits per heavy atom. The van der Waals surface area contributed by atoms with Crippen molar-refractivity contribution in [3.8, 4) is 11.5 Å². The van der Waals surface area contributed by atoms with Gasteiger partial charge in [0.05, 0.1) is 5.56 Å². The van der Waals surface area contributed by atoms with E-state index in [2.05, 4.69) is 0 Å². The van der Waals surface area contributed by atoms with Crippen LogP contribution in [-0.4, -0.2) is 5.78 Å². The van der Waals surface area contributed by atoms with Gasteiger partial charge in [-0.25, -0.2) is 0 Å². The molecule has 0 radical (unpaired) electrons. The molecule has 0 saturated heterocycles. The highest BCUT2D eigenvalue weighted by molar-refractivity contribution is 6.37. The van der Waals surface area contributed by atoms with Gasteiger partial charge < -0.3 is 9.47 Å². The van der Waals surface area contributed by atoms with Crippen LogP contribution in [0.5, 0.6) is 11.5 Å². The van der Waals surface area contributed by atoms with Crippen LogP contribution in [0, 0.1) is 0 Å². The van der Waals surface area contributed by atoms with Crippen LogP contribution < -0.4 is 9.47 Å². The fourth-order valence-electron chi connectivity index (χ4n) is 2.78. The highest BCUT2D eigenvalue weighted by Gasteiger charge is 2.28. The monoisotopic (exact) mass is 396 g/mol. The average molecular weight is 397 g/mol. The standard InChI is InChI=1S/C22H14Cl2O3/c23-18-7-4-8-19(24)17(18)12-21-22(25)16-10-9-15(11-20(16)27-21)26-13-14-5-2-1-3-6-14/h1-12H,13H2. The number of hydrogen-bond donors (Lipinski definition) is 0. The summed E-state index contributed by atoms with van der Waals surface area (Å²) in [4.78, 5) is 12.6. The van der Waals surface area contributed by atoms with Gasteiger partial charge in [-0.05, 0) is 35.9 Å². The fourth-order valence-corrected chi connectivity index (χ4v) is 3.28. The van der Waals surface area contributed by atoms with Gasteiger partial charge in [0, 0.05) is 21.7 Å². The van der Waals surface area contributed by atoms with Gasteiger partial charge >= 0.3 is 0 Å². The molecule has 3 aromatic rings. The number of benzene rings is 3. The highest BCUT2D eigenvalue weighted by Crippen LogP contribution is 2.36. The van der Waals surface area contributed by atoms with E-state index in [9.17, 15) is 4.79 Å². The first-order valence-corrected chi connectivity index (χ1v) is 9.06. The van der Waals surface area contributed by atoms with Crippen LogP contribution in [0.3, 0.4) is 0 Å². The molecule has 1 aliphatic rings. The maximum absolute atomic E-state index is 12.6. The average Bonchev–Trinajstić information content (AvgIpc) is 2.99. The number of halogens is 2. The summed E-state index contributed by atoms with van der Waals surface area (Å²) in [6.45, 7) is 0.436. The first-order chi connectivity index (χ1) is 13.1. The van der Waals surface area contributed by atoms with Crippen molar-refractivity contribution in [3.05, 3.63) is 99.2 Å². The second-order valence-corrected chi connectivity index (χ2v) is 6.82. The van der Waals surface area contributed by atoms with E-state index in [4.69, 9.17) is 32.7 Å². The molecule has 0 bridgehead atoms. The molecule has 0 fully saturated rings. The van der Waals surface area contributed by atoms with E-state index in [1.165, 1.54) is 0 Å². The van der Waals surface area contributed by atoms with Crippen LogP contribution in [0.4, 0.5) is 0 Å². The van der Waals surface area contributed by atoms with Crippen molar-refractivity contribution in [2.24, 2.45) is 0 Å². The summed E-state index contributed by atoms with van der Waals surface area (Å²) < 4.78 is 11.5. The van der Waals surface area contributed by atoms with Crippen LogP contribution in [0.25, 0.3) is 6.08 Å². The Hall–Kier alpha value is -2.75. The minimum absolute atomic E-state index is 0.181. The van der Waals surface area contributed by atoms with E-state index in [0.29, 0.717) is 39.3 Å². The molecule has 3 nitrogen and oxygen atoms in total. The van der Waals surface area contributed by atoms with E-state index in [1.807, 2.05) is 30.3 Å². The fraction of sp³-hybridized carbons (Fsp3) is 0.0455. The zero-order valence-corrected chi connectivity index (χ0v) is 15.6. The second kappa shape index (κ2) is 7.47. The number of ether oxygens (including phenoxy) is 2. The summed E-state index contributed by atoms with van der Waals surface area (Å²) in [6, 6.07) is 20.2.